The van der Waals surface area contributed by atoms with Gasteiger partial charge in [0.15, 0.2) is 0 Å². The van der Waals surface area contributed by atoms with E-state index in [4.69, 9.17) is 4.98 Å². The lowest BCUT2D eigenvalue weighted by Crippen LogP contribution is -2.25. The predicted molar refractivity (Wildman–Crippen MR) is 107 cm³/mol. The summed E-state index contributed by atoms with van der Waals surface area (Å²) in [5, 5.41) is 6.57. The zero-order valence-electron chi connectivity index (χ0n) is 15.8. The lowest BCUT2D eigenvalue weighted by molar-refractivity contribution is 0.102. The Kier molecular flexibility index (Phi) is 4.90. The molecule has 1 aliphatic rings. The smallest absolute Gasteiger partial charge is 0.258 e. The molecule has 140 valence electrons. The van der Waals surface area contributed by atoms with Gasteiger partial charge < -0.3 is 9.88 Å². The van der Waals surface area contributed by atoms with Crippen LogP contribution in [0.25, 0.3) is 11.0 Å². The van der Waals surface area contributed by atoms with Crippen molar-refractivity contribution >= 4 is 22.9 Å². The molecule has 1 aliphatic heterocycles. The monoisotopic (exact) mass is 363 g/mol. The van der Waals surface area contributed by atoms with E-state index in [0.717, 1.165) is 36.2 Å². The Morgan fingerprint density at radius 2 is 2.15 bits per heavy atom. The van der Waals surface area contributed by atoms with Gasteiger partial charge in [-0.2, -0.15) is 0 Å². The minimum atomic E-state index is -0.156. The molecule has 6 nitrogen and oxygen atoms in total. The summed E-state index contributed by atoms with van der Waals surface area (Å²) in [6.45, 7) is 5.91. The van der Waals surface area contributed by atoms with Gasteiger partial charge in [-0.05, 0) is 57.0 Å². The molecule has 1 amide bonds. The van der Waals surface area contributed by atoms with Crippen LogP contribution in [-0.4, -0.2) is 33.5 Å². The minimum absolute atomic E-state index is 0.156. The predicted octanol–water partition coefficient (Wildman–Crippen LogP) is 3.62. The minimum Gasteiger partial charge on any atom is -0.315 e. The summed E-state index contributed by atoms with van der Waals surface area (Å²) in [6.07, 6.45) is 5.08. The van der Waals surface area contributed by atoms with E-state index in [2.05, 4.69) is 33.2 Å². The number of hydrogen-bond acceptors (Lipinski definition) is 4. The number of benzene rings is 1. The van der Waals surface area contributed by atoms with Crippen molar-refractivity contribution in [2.75, 3.05) is 18.4 Å². The molecule has 6 heteroatoms. The zero-order valence-corrected chi connectivity index (χ0v) is 15.8. The summed E-state index contributed by atoms with van der Waals surface area (Å²) in [7, 11) is 0. The molecule has 0 spiro atoms. The average molecular weight is 363 g/mol. The largest absolute Gasteiger partial charge is 0.315 e. The summed E-state index contributed by atoms with van der Waals surface area (Å²) in [6, 6.07) is 9.91. The Labute approximate surface area is 159 Å². The van der Waals surface area contributed by atoms with Crippen LogP contribution in [-0.2, 0) is 0 Å². The van der Waals surface area contributed by atoms with Crippen molar-refractivity contribution in [3.05, 3.63) is 53.3 Å². The molecular formula is C21H25N5O. The van der Waals surface area contributed by atoms with Crippen LogP contribution in [0.2, 0.25) is 0 Å². The van der Waals surface area contributed by atoms with Crippen molar-refractivity contribution in [1.29, 1.82) is 0 Å². The van der Waals surface area contributed by atoms with E-state index in [-0.39, 0.29) is 11.9 Å². The number of anilines is 1. The molecule has 0 aliphatic carbocycles. The third-order valence-corrected chi connectivity index (χ3v) is 5.18. The van der Waals surface area contributed by atoms with Crippen molar-refractivity contribution in [2.24, 2.45) is 0 Å². The second-order valence-electron chi connectivity index (χ2n) is 7.24. The SMILES string of the molecule is Cc1cc(C(=O)Nc2nc3cccc(C)c3n2[C@@H]2CCCCNC2)ccn1. The summed E-state index contributed by atoms with van der Waals surface area (Å²) < 4.78 is 2.22. The van der Waals surface area contributed by atoms with Crippen LogP contribution in [0.3, 0.4) is 0 Å². The van der Waals surface area contributed by atoms with E-state index in [9.17, 15) is 4.79 Å². The number of para-hydroxylation sites is 1. The van der Waals surface area contributed by atoms with Crippen LogP contribution in [0.15, 0.2) is 36.5 Å². The molecule has 0 radical (unpaired) electrons. The van der Waals surface area contributed by atoms with Gasteiger partial charge in [0, 0.05) is 30.0 Å². The first-order valence-electron chi connectivity index (χ1n) is 9.56. The molecule has 0 bridgehead atoms. The molecule has 1 fully saturated rings. The van der Waals surface area contributed by atoms with Crippen LogP contribution in [0.4, 0.5) is 5.95 Å². The number of nitrogens with one attached hydrogen (secondary N) is 2. The normalized spacial score (nSPS) is 17.6. The molecule has 0 unspecified atom stereocenters. The fourth-order valence-electron chi connectivity index (χ4n) is 3.85. The zero-order chi connectivity index (χ0) is 18.8. The number of nitrogens with zero attached hydrogens (tertiary/aromatic N) is 3. The van der Waals surface area contributed by atoms with E-state index in [1.54, 1.807) is 18.3 Å². The Morgan fingerprint density at radius 3 is 3.00 bits per heavy atom. The highest BCUT2D eigenvalue weighted by molar-refractivity contribution is 6.04. The first kappa shape index (κ1) is 17.7. The van der Waals surface area contributed by atoms with Crippen LogP contribution >= 0.6 is 0 Å². The van der Waals surface area contributed by atoms with Gasteiger partial charge in [0.1, 0.15) is 0 Å². The van der Waals surface area contributed by atoms with Gasteiger partial charge in [-0.25, -0.2) is 4.98 Å². The summed E-state index contributed by atoms with van der Waals surface area (Å²) >= 11 is 0. The van der Waals surface area contributed by atoms with E-state index in [1.807, 2.05) is 19.1 Å². The molecule has 1 saturated heterocycles. The Hall–Kier alpha value is -2.73. The fourth-order valence-corrected chi connectivity index (χ4v) is 3.85. The van der Waals surface area contributed by atoms with Crippen molar-refractivity contribution in [1.82, 2.24) is 19.9 Å². The van der Waals surface area contributed by atoms with E-state index in [1.165, 1.54) is 18.4 Å². The lowest BCUT2D eigenvalue weighted by atomic mass is 10.1. The van der Waals surface area contributed by atoms with E-state index >= 15 is 0 Å². The summed E-state index contributed by atoms with van der Waals surface area (Å²) in [4.78, 5) is 21.7. The maximum atomic E-state index is 12.8. The third-order valence-electron chi connectivity index (χ3n) is 5.18. The molecule has 2 aromatic heterocycles. The highest BCUT2D eigenvalue weighted by Gasteiger charge is 2.23. The van der Waals surface area contributed by atoms with Crippen LogP contribution in [0.5, 0.6) is 0 Å². The number of amides is 1. The number of pyridine rings is 1. The highest BCUT2D eigenvalue weighted by Crippen LogP contribution is 2.30. The van der Waals surface area contributed by atoms with Crippen LogP contribution in [0.1, 0.15) is 46.9 Å². The highest BCUT2D eigenvalue weighted by atomic mass is 16.1. The number of carbonyl (C=O) groups is 1. The Balaban J connectivity index is 1.76. The fraction of sp³-hybridized carbons (Fsp3) is 0.381. The molecular weight excluding hydrogens is 338 g/mol. The van der Waals surface area contributed by atoms with Gasteiger partial charge in [0.05, 0.1) is 11.0 Å². The number of aryl methyl sites for hydroxylation is 2. The molecule has 4 rings (SSSR count). The van der Waals surface area contributed by atoms with Gasteiger partial charge in [-0.1, -0.05) is 18.6 Å². The van der Waals surface area contributed by atoms with Crippen molar-refractivity contribution in [3.63, 3.8) is 0 Å². The maximum absolute atomic E-state index is 12.8. The van der Waals surface area contributed by atoms with Gasteiger partial charge in [-0.3, -0.25) is 15.1 Å². The first-order chi connectivity index (χ1) is 13.1. The number of hydrogen-bond donors (Lipinski definition) is 2. The van der Waals surface area contributed by atoms with Gasteiger partial charge in [-0.15, -0.1) is 0 Å². The van der Waals surface area contributed by atoms with Gasteiger partial charge in [0.25, 0.3) is 5.91 Å². The van der Waals surface area contributed by atoms with Crippen molar-refractivity contribution < 1.29 is 4.79 Å². The van der Waals surface area contributed by atoms with Crippen molar-refractivity contribution in [2.45, 2.75) is 39.2 Å². The molecule has 3 heterocycles. The maximum Gasteiger partial charge on any atom is 0.258 e. The molecule has 0 saturated carbocycles. The van der Waals surface area contributed by atoms with Crippen LogP contribution in [0, 0.1) is 13.8 Å². The average Bonchev–Trinajstić information content (AvgIpc) is 2.83. The van der Waals surface area contributed by atoms with Gasteiger partial charge in [0.2, 0.25) is 5.95 Å². The lowest BCUT2D eigenvalue weighted by Gasteiger charge is -2.21. The van der Waals surface area contributed by atoms with Crippen molar-refractivity contribution in [3.8, 4) is 0 Å². The molecule has 1 atom stereocenters. The van der Waals surface area contributed by atoms with Gasteiger partial charge >= 0.3 is 0 Å². The topological polar surface area (TPSA) is 71.8 Å². The Bertz CT molecular complexity index is 970. The second kappa shape index (κ2) is 7.48. The summed E-state index contributed by atoms with van der Waals surface area (Å²) in [5.41, 5.74) is 4.61. The van der Waals surface area contributed by atoms with E-state index in [0.29, 0.717) is 11.5 Å². The first-order valence-corrected chi connectivity index (χ1v) is 9.56. The number of fused-ring (bicyclic) bond motifs is 1. The number of imidazole rings is 1. The molecule has 3 aromatic rings. The molecule has 2 N–H and O–H groups in total. The summed E-state index contributed by atoms with van der Waals surface area (Å²) in [5.74, 6) is 0.462. The van der Waals surface area contributed by atoms with Crippen LogP contribution < -0.4 is 10.6 Å². The Morgan fingerprint density at radius 1 is 1.26 bits per heavy atom. The van der Waals surface area contributed by atoms with E-state index < -0.39 is 0 Å². The second-order valence-corrected chi connectivity index (χ2v) is 7.24. The quantitative estimate of drug-likeness (QED) is 0.746. The number of aromatic nitrogens is 3. The molecule has 27 heavy (non-hydrogen) atoms. The standard InChI is InChI=1S/C21H25N5O/c1-14-6-5-8-18-19(14)26(17-7-3-4-10-22-13-17)21(24-18)25-20(27)16-9-11-23-15(2)12-16/h5-6,8-9,11-12,17,22H,3-4,7,10,13H2,1-2H3,(H,24,25,27)/t17-/m1/s1. The number of rotatable bonds is 3. The number of carbonyl (C=O) groups excluding carboxylic acids is 1. The molecule has 1 aromatic carbocycles. The third kappa shape index (κ3) is 3.57.